The zero-order valence-electron chi connectivity index (χ0n) is 11.5. The second-order valence-electron chi connectivity index (χ2n) is 5.04. The number of nitrogens with two attached hydrogens (primary N) is 1. The molecule has 2 rings (SSSR count). The van der Waals surface area contributed by atoms with Gasteiger partial charge in [0, 0.05) is 42.7 Å². The van der Waals surface area contributed by atoms with Crippen LogP contribution in [0.25, 0.3) is 10.9 Å². The van der Waals surface area contributed by atoms with Crippen molar-refractivity contribution in [1.82, 2.24) is 9.88 Å². The third-order valence-electron chi connectivity index (χ3n) is 3.15. The van der Waals surface area contributed by atoms with Gasteiger partial charge < -0.3 is 15.6 Å². The van der Waals surface area contributed by atoms with E-state index in [1.54, 1.807) is 0 Å². The number of rotatable bonds is 5. The molecule has 4 nitrogen and oxygen atoms in total. The Morgan fingerprint density at radius 2 is 2.16 bits per heavy atom. The standard InChI is InChI=1S/C15H21N3O/c1-11(2)17-15(19)7-9-18-8-6-13-12(10-16)4-3-5-14(13)18/h3-6,8,11H,7,9-10,16H2,1-2H3,(H,17,19). The highest BCUT2D eigenvalue weighted by Gasteiger charge is 2.07. The van der Waals surface area contributed by atoms with Crippen molar-refractivity contribution < 1.29 is 4.79 Å². The van der Waals surface area contributed by atoms with Crippen LogP contribution in [0.1, 0.15) is 25.8 Å². The molecule has 0 aliphatic carbocycles. The van der Waals surface area contributed by atoms with E-state index in [9.17, 15) is 4.79 Å². The summed E-state index contributed by atoms with van der Waals surface area (Å²) in [5.74, 6) is 0.0897. The van der Waals surface area contributed by atoms with Gasteiger partial charge in [0.25, 0.3) is 0 Å². The molecule has 102 valence electrons. The molecule has 3 N–H and O–H groups in total. The van der Waals surface area contributed by atoms with Gasteiger partial charge in [0.15, 0.2) is 0 Å². The lowest BCUT2D eigenvalue weighted by atomic mass is 10.1. The van der Waals surface area contributed by atoms with Crippen LogP contribution >= 0.6 is 0 Å². The normalized spacial score (nSPS) is 11.2. The second kappa shape index (κ2) is 5.89. The Balaban J connectivity index is 2.12. The minimum absolute atomic E-state index is 0.0897. The van der Waals surface area contributed by atoms with Gasteiger partial charge in [0.1, 0.15) is 0 Å². The molecule has 2 aromatic rings. The molecule has 1 aromatic heterocycles. The van der Waals surface area contributed by atoms with E-state index < -0.39 is 0 Å². The molecule has 0 saturated carbocycles. The number of nitrogens with one attached hydrogen (secondary N) is 1. The van der Waals surface area contributed by atoms with Crippen LogP contribution in [-0.4, -0.2) is 16.5 Å². The molecule has 0 atom stereocenters. The van der Waals surface area contributed by atoms with Gasteiger partial charge in [-0.25, -0.2) is 0 Å². The molecule has 0 bridgehead atoms. The highest BCUT2D eigenvalue weighted by molar-refractivity contribution is 5.84. The summed E-state index contributed by atoms with van der Waals surface area (Å²) >= 11 is 0. The third kappa shape index (κ3) is 3.15. The number of benzene rings is 1. The Hall–Kier alpha value is -1.81. The fraction of sp³-hybridized carbons (Fsp3) is 0.400. The Morgan fingerprint density at radius 3 is 2.84 bits per heavy atom. The van der Waals surface area contributed by atoms with Gasteiger partial charge in [0.2, 0.25) is 5.91 Å². The van der Waals surface area contributed by atoms with Crippen molar-refractivity contribution in [2.24, 2.45) is 5.73 Å². The monoisotopic (exact) mass is 259 g/mol. The second-order valence-corrected chi connectivity index (χ2v) is 5.04. The Labute approximate surface area is 113 Å². The number of hydrogen-bond acceptors (Lipinski definition) is 2. The number of fused-ring (bicyclic) bond motifs is 1. The van der Waals surface area contributed by atoms with E-state index in [4.69, 9.17) is 5.73 Å². The highest BCUT2D eigenvalue weighted by atomic mass is 16.1. The maximum Gasteiger partial charge on any atom is 0.221 e. The number of aromatic nitrogens is 1. The Kier molecular flexibility index (Phi) is 4.22. The van der Waals surface area contributed by atoms with Gasteiger partial charge in [-0.15, -0.1) is 0 Å². The summed E-state index contributed by atoms with van der Waals surface area (Å²) in [5.41, 5.74) is 8.01. The van der Waals surface area contributed by atoms with E-state index in [1.807, 2.05) is 32.2 Å². The fourth-order valence-corrected chi connectivity index (χ4v) is 2.28. The lowest BCUT2D eigenvalue weighted by Gasteiger charge is -2.09. The molecule has 0 unspecified atom stereocenters. The maximum atomic E-state index is 11.7. The van der Waals surface area contributed by atoms with Crippen LogP contribution in [0.2, 0.25) is 0 Å². The maximum absolute atomic E-state index is 11.7. The predicted molar refractivity (Wildman–Crippen MR) is 77.7 cm³/mol. The van der Waals surface area contributed by atoms with Crippen LogP contribution in [0, 0.1) is 0 Å². The quantitative estimate of drug-likeness (QED) is 0.863. The minimum Gasteiger partial charge on any atom is -0.354 e. The van der Waals surface area contributed by atoms with E-state index in [1.165, 1.54) is 5.39 Å². The molecule has 19 heavy (non-hydrogen) atoms. The molecule has 0 aliphatic rings. The number of amides is 1. The molecule has 0 radical (unpaired) electrons. The van der Waals surface area contributed by atoms with Crippen LogP contribution in [0.4, 0.5) is 0 Å². The van der Waals surface area contributed by atoms with Gasteiger partial charge >= 0.3 is 0 Å². The van der Waals surface area contributed by atoms with Crippen LogP contribution < -0.4 is 11.1 Å². The van der Waals surface area contributed by atoms with Gasteiger partial charge in [-0.05, 0) is 31.5 Å². The van der Waals surface area contributed by atoms with Crippen LogP contribution in [-0.2, 0) is 17.9 Å². The van der Waals surface area contributed by atoms with Crippen LogP contribution in [0.15, 0.2) is 30.5 Å². The summed E-state index contributed by atoms with van der Waals surface area (Å²) in [7, 11) is 0. The molecule has 0 saturated heterocycles. The number of nitrogens with zero attached hydrogens (tertiary/aromatic N) is 1. The first-order valence-electron chi connectivity index (χ1n) is 6.68. The topological polar surface area (TPSA) is 60.0 Å². The van der Waals surface area contributed by atoms with Crippen molar-refractivity contribution in [3.63, 3.8) is 0 Å². The molecule has 4 heteroatoms. The molecule has 1 aromatic carbocycles. The van der Waals surface area contributed by atoms with E-state index in [0.29, 0.717) is 19.5 Å². The first kappa shape index (κ1) is 13.6. The van der Waals surface area contributed by atoms with Crippen molar-refractivity contribution in [2.45, 2.75) is 39.4 Å². The smallest absolute Gasteiger partial charge is 0.221 e. The SMILES string of the molecule is CC(C)NC(=O)CCn1ccc2c(CN)cccc21. The summed E-state index contributed by atoms with van der Waals surface area (Å²) in [6.45, 7) is 5.16. The Bertz CT molecular complexity index is 572. The van der Waals surface area contributed by atoms with Gasteiger partial charge in [-0.2, -0.15) is 0 Å². The van der Waals surface area contributed by atoms with E-state index in [0.717, 1.165) is 11.1 Å². The lowest BCUT2D eigenvalue weighted by molar-refractivity contribution is -0.121. The largest absolute Gasteiger partial charge is 0.354 e. The number of carbonyl (C=O) groups is 1. The molecule has 0 fully saturated rings. The Morgan fingerprint density at radius 1 is 1.37 bits per heavy atom. The lowest BCUT2D eigenvalue weighted by Crippen LogP contribution is -2.30. The van der Waals surface area contributed by atoms with Gasteiger partial charge in [-0.1, -0.05) is 12.1 Å². The molecule has 1 amide bonds. The first-order valence-corrected chi connectivity index (χ1v) is 6.68. The third-order valence-corrected chi connectivity index (χ3v) is 3.15. The first-order chi connectivity index (χ1) is 9.11. The van der Waals surface area contributed by atoms with Crippen LogP contribution in [0.5, 0.6) is 0 Å². The molecular weight excluding hydrogens is 238 g/mol. The van der Waals surface area contributed by atoms with Crippen molar-refractivity contribution in [1.29, 1.82) is 0 Å². The zero-order valence-corrected chi connectivity index (χ0v) is 11.5. The van der Waals surface area contributed by atoms with Gasteiger partial charge in [0.05, 0.1) is 0 Å². The van der Waals surface area contributed by atoms with E-state index in [2.05, 4.69) is 22.0 Å². The fourth-order valence-electron chi connectivity index (χ4n) is 2.28. The molecular formula is C15H21N3O. The zero-order chi connectivity index (χ0) is 13.8. The van der Waals surface area contributed by atoms with Crippen molar-refractivity contribution >= 4 is 16.8 Å². The number of carbonyl (C=O) groups excluding carboxylic acids is 1. The summed E-state index contributed by atoms with van der Waals surface area (Å²) in [5, 5.41) is 4.08. The van der Waals surface area contributed by atoms with Crippen LogP contribution in [0.3, 0.4) is 0 Å². The summed E-state index contributed by atoms with van der Waals surface area (Å²) in [6.07, 6.45) is 2.52. The van der Waals surface area contributed by atoms with Crippen molar-refractivity contribution in [3.8, 4) is 0 Å². The summed E-state index contributed by atoms with van der Waals surface area (Å²) < 4.78 is 2.11. The van der Waals surface area contributed by atoms with Crippen molar-refractivity contribution in [2.75, 3.05) is 0 Å². The predicted octanol–water partition coefficient (Wildman–Crippen LogP) is 2.01. The van der Waals surface area contributed by atoms with Crippen molar-refractivity contribution in [3.05, 3.63) is 36.0 Å². The average molecular weight is 259 g/mol. The molecule has 1 heterocycles. The number of hydrogen-bond donors (Lipinski definition) is 2. The highest BCUT2D eigenvalue weighted by Crippen LogP contribution is 2.20. The van der Waals surface area contributed by atoms with E-state index >= 15 is 0 Å². The van der Waals surface area contributed by atoms with Gasteiger partial charge in [-0.3, -0.25) is 4.79 Å². The minimum atomic E-state index is 0.0897. The molecule has 0 aliphatic heterocycles. The summed E-state index contributed by atoms with van der Waals surface area (Å²) in [6, 6.07) is 8.37. The number of aryl methyl sites for hydroxylation is 1. The summed E-state index contributed by atoms with van der Waals surface area (Å²) in [4.78, 5) is 11.7. The van der Waals surface area contributed by atoms with E-state index in [-0.39, 0.29) is 11.9 Å². The molecule has 0 spiro atoms. The average Bonchev–Trinajstić information content (AvgIpc) is 2.78.